The van der Waals surface area contributed by atoms with E-state index in [-0.39, 0.29) is 0 Å². The van der Waals surface area contributed by atoms with Gasteiger partial charge < -0.3 is 10.1 Å². The van der Waals surface area contributed by atoms with Crippen LogP contribution in [0.1, 0.15) is 30.9 Å². The molecule has 1 heterocycles. The van der Waals surface area contributed by atoms with Gasteiger partial charge in [-0.2, -0.15) is 0 Å². The van der Waals surface area contributed by atoms with Gasteiger partial charge in [0.1, 0.15) is 0 Å². The van der Waals surface area contributed by atoms with Gasteiger partial charge in [-0.3, -0.25) is 4.90 Å². The van der Waals surface area contributed by atoms with Gasteiger partial charge in [0.25, 0.3) is 0 Å². The number of rotatable bonds is 5. The third-order valence-electron chi connectivity index (χ3n) is 3.62. The van der Waals surface area contributed by atoms with Crippen molar-refractivity contribution in [1.29, 1.82) is 0 Å². The standard InChI is InChI=1S/C16H26N2O/c1-13(2)15-6-4-14(5-7-15)11-18(3)12-16-10-17-8-9-19-16/h4-7,13,16-17H,8-12H2,1-3H3. The fraction of sp³-hybridized carbons (Fsp3) is 0.625. The van der Waals surface area contributed by atoms with Gasteiger partial charge in [-0.15, -0.1) is 0 Å². The maximum absolute atomic E-state index is 5.73. The molecule has 3 nitrogen and oxygen atoms in total. The van der Waals surface area contributed by atoms with E-state index < -0.39 is 0 Å². The van der Waals surface area contributed by atoms with Crippen LogP contribution in [0.3, 0.4) is 0 Å². The normalized spacial score (nSPS) is 20.2. The van der Waals surface area contributed by atoms with Gasteiger partial charge >= 0.3 is 0 Å². The maximum atomic E-state index is 5.73. The average molecular weight is 262 g/mol. The Hall–Kier alpha value is -0.900. The van der Waals surface area contributed by atoms with E-state index in [9.17, 15) is 0 Å². The van der Waals surface area contributed by atoms with Gasteiger partial charge in [0.05, 0.1) is 12.7 Å². The Balaban J connectivity index is 1.82. The third kappa shape index (κ3) is 4.60. The van der Waals surface area contributed by atoms with Crippen molar-refractivity contribution in [2.45, 2.75) is 32.4 Å². The van der Waals surface area contributed by atoms with Crippen LogP contribution in [-0.4, -0.2) is 44.3 Å². The third-order valence-corrected chi connectivity index (χ3v) is 3.62. The highest BCUT2D eigenvalue weighted by Crippen LogP contribution is 2.15. The van der Waals surface area contributed by atoms with Crippen LogP contribution in [0, 0.1) is 0 Å². The van der Waals surface area contributed by atoms with Gasteiger partial charge in [-0.05, 0) is 24.1 Å². The Morgan fingerprint density at radius 1 is 1.32 bits per heavy atom. The average Bonchev–Trinajstić information content (AvgIpc) is 2.40. The van der Waals surface area contributed by atoms with Crippen LogP contribution < -0.4 is 5.32 Å². The van der Waals surface area contributed by atoms with E-state index in [1.165, 1.54) is 11.1 Å². The van der Waals surface area contributed by atoms with E-state index in [0.717, 1.165) is 32.8 Å². The molecule has 3 heteroatoms. The zero-order valence-electron chi connectivity index (χ0n) is 12.4. The van der Waals surface area contributed by atoms with Gasteiger partial charge in [0, 0.05) is 26.2 Å². The lowest BCUT2D eigenvalue weighted by atomic mass is 10.0. The second-order valence-corrected chi connectivity index (χ2v) is 5.79. The molecule has 19 heavy (non-hydrogen) atoms. The Morgan fingerprint density at radius 3 is 2.63 bits per heavy atom. The number of likely N-dealkylation sites (N-methyl/N-ethyl adjacent to an activating group) is 1. The molecule has 1 saturated heterocycles. The first kappa shape index (κ1) is 14.5. The zero-order chi connectivity index (χ0) is 13.7. The summed E-state index contributed by atoms with van der Waals surface area (Å²) < 4.78 is 5.73. The molecule has 1 aliphatic heterocycles. The van der Waals surface area contributed by atoms with Crippen molar-refractivity contribution in [1.82, 2.24) is 10.2 Å². The number of morpholine rings is 1. The maximum Gasteiger partial charge on any atom is 0.0826 e. The number of ether oxygens (including phenoxy) is 1. The largest absolute Gasteiger partial charge is 0.374 e. The first-order valence-corrected chi connectivity index (χ1v) is 7.25. The van der Waals surface area contributed by atoms with Crippen LogP contribution in [0.15, 0.2) is 24.3 Å². The minimum absolute atomic E-state index is 0.327. The van der Waals surface area contributed by atoms with Crippen LogP contribution >= 0.6 is 0 Å². The summed E-state index contributed by atoms with van der Waals surface area (Å²) in [5, 5.41) is 3.37. The van der Waals surface area contributed by atoms with Crippen LogP contribution in [0.2, 0.25) is 0 Å². The SMILES string of the molecule is CC(C)c1ccc(CN(C)CC2CNCCO2)cc1. The van der Waals surface area contributed by atoms with Gasteiger partial charge in [-0.25, -0.2) is 0 Å². The lowest BCUT2D eigenvalue weighted by molar-refractivity contribution is 0.00885. The summed E-state index contributed by atoms with van der Waals surface area (Å²) >= 11 is 0. The Bertz CT molecular complexity index is 369. The molecule has 1 aromatic rings. The van der Waals surface area contributed by atoms with Crippen molar-refractivity contribution in [3.8, 4) is 0 Å². The van der Waals surface area contributed by atoms with Crippen molar-refractivity contribution >= 4 is 0 Å². The highest BCUT2D eigenvalue weighted by atomic mass is 16.5. The molecule has 0 saturated carbocycles. The summed E-state index contributed by atoms with van der Waals surface area (Å²) in [6.07, 6.45) is 0.327. The number of benzene rings is 1. The molecule has 1 N–H and O–H groups in total. The fourth-order valence-corrected chi connectivity index (χ4v) is 2.47. The Labute approximate surface area is 116 Å². The summed E-state index contributed by atoms with van der Waals surface area (Å²) in [7, 11) is 2.16. The van der Waals surface area contributed by atoms with Crippen LogP contribution in [-0.2, 0) is 11.3 Å². The molecule has 0 aromatic heterocycles. The summed E-state index contributed by atoms with van der Waals surface area (Å²) in [5.41, 5.74) is 2.78. The highest BCUT2D eigenvalue weighted by Gasteiger charge is 2.15. The van der Waals surface area contributed by atoms with Gasteiger partial charge in [0.15, 0.2) is 0 Å². The van der Waals surface area contributed by atoms with Crippen molar-refractivity contribution in [3.63, 3.8) is 0 Å². The lowest BCUT2D eigenvalue weighted by Crippen LogP contribution is -2.44. The van der Waals surface area contributed by atoms with Crippen molar-refractivity contribution < 1.29 is 4.74 Å². The molecule has 1 unspecified atom stereocenters. The molecule has 1 aliphatic rings. The number of hydrogen-bond acceptors (Lipinski definition) is 3. The molecule has 0 radical (unpaired) electrons. The molecule has 1 aromatic carbocycles. The zero-order valence-corrected chi connectivity index (χ0v) is 12.4. The van der Waals surface area contributed by atoms with E-state index >= 15 is 0 Å². The molecule has 2 rings (SSSR count). The first-order valence-electron chi connectivity index (χ1n) is 7.25. The number of nitrogens with zero attached hydrogens (tertiary/aromatic N) is 1. The molecular formula is C16H26N2O. The fourth-order valence-electron chi connectivity index (χ4n) is 2.47. The quantitative estimate of drug-likeness (QED) is 0.880. The molecule has 1 fully saturated rings. The van der Waals surface area contributed by atoms with Crippen molar-refractivity contribution in [3.05, 3.63) is 35.4 Å². The predicted octanol–water partition coefficient (Wildman–Crippen LogP) is 2.23. The molecule has 0 bridgehead atoms. The predicted molar refractivity (Wildman–Crippen MR) is 79.5 cm³/mol. The van der Waals surface area contributed by atoms with Crippen molar-refractivity contribution in [2.24, 2.45) is 0 Å². The summed E-state index contributed by atoms with van der Waals surface area (Å²) in [6, 6.07) is 8.97. The van der Waals surface area contributed by atoms with E-state index in [2.05, 4.69) is 55.4 Å². The molecule has 106 valence electrons. The highest BCUT2D eigenvalue weighted by molar-refractivity contribution is 5.24. The smallest absolute Gasteiger partial charge is 0.0826 e. The van der Waals surface area contributed by atoms with Crippen LogP contribution in [0.4, 0.5) is 0 Å². The molecule has 0 spiro atoms. The molecule has 0 aliphatic carbocycles. The minimum Gasteiger partial charge on any atom is -0.374 e. The first-order chi connectivity index (χ1) is 9.15. The lowest BCUT2D eigenvalue weighted by Gasteiger charge is -2.28. The van der Waals surface area contributed by atoms with Gasteiger partial charge in [0.2, 0.25) is 0 Å². The summed E-state index contributed by atoms with van der Waals surface area (Å²) in [6.45, 7) is 9.22. The van der Waals surface area contributed by atoms with E-state index in [1.807, 2.05) is 0 Å². The topological polar surface area (TPSA) is 24.5 Å². The van der Waals surface area contributed by atoms with Crippen molar-refractivity contribution in [2.75, 3.05) is 33.3 Å². The van der Waals surface area contributed by atoms with Gasteiger partial charge in [-0.1, -0.05) is 38.1 Å². The monoisotopic (exact) mass is 262 g/mol. The molecular weight excluding hydrogens is 236 g/mol. The second-order valence-electron chi connectivity index (χ2n) is 5.79. The molecule has 0 amide bonds. The van der Waals surface area contributed by atoms with Crippen LogP contribution in [0.25, 0.3) is 0 Å². The Morgan fingerprint density at radius 2 is 2.05 bits per heavy atom. The summed E-state index contributed by atoms with van der Waals surface area (Å²) in [4.78, 5) is 2.34. The summed E-state index contributed by atoms with van der Waals surface area (Å²) in [5.74, 6) is 0.605. The van der Waals surface area contributed by atoms with E-state index in [4.69, 9.17) is 4.74 Å². The van der Waals surface area contributed by atoms with E-state index in [0.29, 0.717) is 12.0 Å². The number of nitrogens with one attached hydrogen (secondary N) is 1. The van der Waals surface area contributed by atoms with Crippen LogP contribution in [0.5, 0.6) is 0 Å². The molecule has 1 atom stereocenters. The van der Waals surface area contributed by atoms with E-state index in [1.54, 1.807) is 0 Å². The Kier molecular flexibility index (Phi) is 5.37. The second kappa shape index (κ2) is 7.04. The number of hydrogen-bond donors (Lipinski definition) is 1. The minimum atomic E-state index is 0.327.